The maximum atomic E-state index is 12.2. The van der Waals surface area contributed by atoms with Gasteiger partial charge in [-0.15, -0.1) is 0 Å². The van der Waals surface area contributed by atoms with Gasteiger partial charge in [0.1, 0.15) is 5.82 Å². The molecule has 1 N–H and O–H groups in total. The summed E-state index contributed by atoms with van der Waals surface area (Å²) in [6.45, 7) is 9.89. The minimum Gasteiger partial charge on any atom is -0.378 e. The molecule has 1 saturated heterocycles. The summed E-state index contributed by atoms with van der Waals surface area (Å²) < 4.78 is 11.1. The number of rotatable bonds is 6. The topological polar surface area (TPSA) is 90.1 Å². The van der Waals surface area contributed by atoms with E-state index >= 15 is 0 Å². The van der Waals surface area contributed by atoms with Crippen LogP contribution in [0.25, 0.3) is 11.3 Å². The summed E-state index contributed by atoms with van der Waals surface area (Å²) in [5.74, 6) is 2.59. The molecule has 3 heterocycles. The van der Waals surface area contributed by atoms with Crippen LogP contribution in [-0.4, -0.2) is 40.3 Å². The second-order valence-corrected chi connectivity index (χ2v) is 10.4. The molecule has 0 unspecified atom stereocenters. The van der Waals surface area contributed by atoms with Crippen LogP contribution >= 0.6 is 0 Å². The zero-order chi connectivity index (χ0) is 22.7. The van der Waals surface area contributed by atoms with Crippen molar-refractivity contribution in [3.05, 3.63) is 29.5 Å². The van der Waals surface area contributed by atoms with Gasteiger partial charge in [0.05, 0.1) is 29.5 Å². The van der Waals surface area contributed by atoms with Gasteiger partial charge >= 0.3 is 0 Å². The fraction of sp³-hybridized carbons (Fsp3) is 0.680. The number of nitrogens with one attached hydrogen (secondary N) is 1. The summed E-state index contributed by atoms with van der Waals surface area (Å²) >= 11 is 0. The van der Waals surface area contributed by atoms with Crippen molar-refractivity contribution in [3.63, 3.8) is 0 Å². The molecule has 7 nitrogen and oxygen atoms in total. The number of hydrogen-bond acceptors (Lipinski definition) is 6. The average Bonchev–Trinajstić information content (AvgIpc) is 3.43. The van der Waals surface area contributed by atoms with Gasteiger partial charge in [-0.1, -0.05) is 25.9 Å². The molecule has 0 bridgehead atoms. The van der Waals surface area contributed by atoms with Gasteiger partial charge in [-0.05, 0) is 51.4 Å². The van der Waals surface area contributed by atoms with E-state index in [9.17, 15) is 4.79 Å². The lowest BCUT2D eigenvalue weighted by atomic mass is 9.79. The van der Waals surface area contributed by atoms with E-state index in [-0.39, 0.29) is 17.4 Å². The largest absolute Gasteiger partial charge is 0.378 e. The lowest BCUT2D eigenvalue weighted by Crippen LogP contribution is -2.33. The van der Waals surface area contributed by atoms with Crippen molar-refractivity contribution in [2.24, 2.45) is 5.92 Å². The molecule has 174 valence electrons. The summed E-state index contributed by atoms with van der Waals surface area (Å²) in [6, 6.07) is 1.95. The molecule has 32 heavy (non-hydrogen) atoms. The van der Waals surface area contributed by atoms with E-state index in [2.05, 4.69) is 36.2 Å². The van der Waals surface area contributed by atoms with Crippen molar-refractivity contribution in [2.75, 3.05) is 13.2 Å². The Kier molecular flexibility index (Phi) is 6.93. The molecule has 0 spiro atoms. The van der Waals surface area contributed by atoms with E-state index in [1.54, 1.807) is 0 Å². The predicted octanol–water partition coefficient (Wildman–Crippen LogP) is 4.70. The number of nitrogens with zero attached hydrogens (tertiary/aromatic N) is 3. The first-order valence-electron chi connectivity index (χ1n) is 12.0. The fourth-order valence-corrected chi connectivity index (χ4v) is 4.73. The van der Waals surface area contributed by atoms with Crippen molar-refractivity contribution in [2.45, 2.75) is 90.1 Å². The number of aromatic nitrogens is 3. The molecule has 1 aliphatic carbocycles. The number of carbonyl (C=O) groups excluding carboxylic acids is 1. The van der Waals surface area contributed by atoms with Crippen LogP contribution in [0.5, 0.6) is 0 Å². The van der Waals surface area contributed by atoms with Gasteiger partial charge in [0.25, 0.3) is 0 Å². The molecule has 1 aliphatic heterocycles. The maximum absolute atomic E-state index is 12.2. The van der Waals surface area contributed by atoms with Crippen molar-refractivity contribution in [3.8, 4) is 11.3 Å². The minimum atomic E-state index is -0.116. The molecule has 7 heteroatoms. The summed E-state index contributed by atoms with van der Waals surface area (Å²) in [6.07, 6.45) is 8.83. The average molecular weight is 441 g/mol. The highest BCUT2D eigenvalue weighted by Gasteiger charge is 2.29. The zero-order valence-electron chi connectivity index (χ0n) is 19.8. The SMILES string of the molecule is Cc1cc(-c2cnc(C(C)(C)C)nc2C2CCC(CNC(=O)C[C@H]3CCCO3)CC2)on1. The number of ether oxygens (including phenoxy) is 1. The van der Waals surface area contributed by atoms with Crippen LogP contribution < -0.4 is 5.32 Å². The molecule has 2 fully saturated rings. The molecule has 1 atom stereocenters. The van der Waals surface area contributed by atoms with E-state index in [0.29, 0.717) is 18.3 Å². The molecule has 0 radical (unpaired) electrons. The van der Waals surface area contributed by atoms with Gasteiger partial charge in [0.15, 0.2) is 5.76 Å². The third-order valence-corrected chi connectivity index (χ3v) is 6.64. The number of hydrogen-bond donors (Lipinski definition) is 1. The predicted molar refractivity (Wildman–Crippen MR) is 122 cm³/mol. The summed E-state index contributed by atoms with van der Waals surface area (Å²) in [7, 11) is 0. The first kappa shape index (κ1) is 22.9. The van der Waals surface area contributed by atoms with Crippen LogP contribution in [0.4, 0.5) is 0 Å². The van der Waals surface area contributed by atoms with Crippen LogP contribution in [0.2, 0.25) is 0 Å². The molecular formula is C25H36N4O3. The maximum Gasteiger partial charge on any atom is 0.222 e. The third-order valence-electron chi connectivity index (χ3n) is 6.64. The second kappa shape index (κ2) is 9.69. The molecular weight excluding hydrogens is 404 g/mol. The third kappa shape index (κ3) is 5.55. The van der Waals surface area contributed by atoms with Gasteiger partial charge < -0.3 is 14.6 Å². The lowest BCUT2D eigenvalue weighted by molar-refractivity contribution is -0.123. The fourth-order valence-electron chi connectivity index (χ4n) is 4.73. The monoisotopic (exact) mass is 440 g/mol. The molecule has 4 rings (SSSR count). The Morgan fingerprint density at radius 3 is 2.59 bits per heavy atom. The molecule has 2 aromatic heterocycles. The van der Waals surface area contributed by atoms with Gasteiger partial charge in [-0.3, -0.25) is 4.79 Å². The normalized spacial score (nSPS) is 23.9. The van der Waals surface area contributed by atoms with Crippen LogP contribution in [0.15, 0.2) is 16.8 Å². The van der Waals surface area contributed by atoms with Gasteiger partial charge in [-0.2, -0.15) is 0 Å². The number of aryl methyl sites for hydroxylation is 1. The second-order valence-electron chi connectivity index (χ2n) is 10.4. The molecule has 1 saturated carbocycles. The Hall–Kier alpha value is -2.28. The van der Waals surface area contributed by atoms with Gasteiger partial charge in [-0.25, -0.2) is 9.97 Å². The highest BCUT2D eigenvalue weighted by Crippen LogP contribution is 2.39. The van der Waals surface area contributed by atoms with E-state index in [1.807, 2.05) is 19.2 Å². The Balaban J connectivity index is 1.40. The Labute approximate surface area is 190 Å². The van der Waals surface area contributed by atoms with Crippen molar-refractivity contribution in [1.29, 1.82) is 0 Å². The summed E-state index contributed by atoms with van der Waals surface area (Å²) in [5.41, 5.74) is 2.76. The van der Waals surface area contributed by atoms with Crippen LogP contribution in [0, 0.1) is 12.8 Å². The van der Waals surface area contributed by atoms with E-state index < -0.39 is 0 Å². The number of amides is 1. The van der Waals surface area contributed by atoms with Crippen LogP contribution in [0.1, 0.15) is 88.8 Å². The number of carbonyl (C=O) groups is 1. The van der Waals surface area contributed by atoms with E-state index in [4.69, 9.17) is 14.2 Å². The van der Waals surface area contributed by atoms with Crippen molar-refractivity contribution in [1.82, 2.24) is 20.4 Å². The van der Waals surface area contributed by atoms with Crippen molar-refractivity contribution < 1.29 is 14.1 Å². The first-order chi connectivity index (χ1) is 15.3. The zero-order valence-corrected chi connectivity index (χ0v) is 19.8. The van der Waals surface area contributed by atoms with Crippen LogP contribution in [-0.2, 0) is 14.9 Å². The highest BCUT2D eigenvalue weighted by molar-refractivity contribution is 5.76. The lowest BCUT2D eigenvalue weighted by Gasteiger charge is -2.30. The van der Waals surface area contributed by atoms with E-state index in [1.165, 1.54) is 0 Å². The van der Waals surface area contributed by atoms with E-state index in [0.717, 1.165) is 80.2 Å². The standard InChI is InChI=1S/C25H36N4O3/c1-16-12-21(32-29-16)20-15-27-24(25(2,3)4)28-23(20)18-9-7-17(8-10-18)14-26-22(30)13-19-6-5-11-31-19/h12,15,17-19H,5-11,13-14H2,1-4H3,(H,26,30)/t17?,18?,19-/m1/s1. The van der Waals surface area contributed by atoms with Gasteiger partial charge in [0, 0.05) is 36.7 Å². The smallest absolute Gasteiger partial charge is 0.222 e. The minimum absolute atomic E-state index is 0.110. The molecule has 1 amide bonds. The Morgan fingerprint density at radius 1 is 1.19 bits per heavy atom. The van der Waals surface area contributed by atoms with Crippen LogP contribution in [0.3, 0.4) is 0 Å². The Bertz CT molecular complexity index is 920. The highest BCUT2D eigenvalue weighted by atomic mass is 16.5. The summed E-state index contributed by atoms with van der Waals surface area (Å²) in [4.78, 5) is 21.9. The molecule has 0 aromatic carbocycles. The molecule has 2 aromatic rings. The van der Waals surface area contributed by atoms with Crippen molar-refractivity contribution >= 4 is 5.91 Å². The summed E-state index contributed by atoms with van der Waals surface area (Å²) in [5, 5.41) is 7.20. The quantitative estimate of drug-likeness (QED) is 0.700. The Morgan fingerprint density at radius 2 is 1.97 bits per heavy atom. The first-order valence-corrected chi connectivity index (χ1v) is 12.0. The molecule has 2 aliphatic rings. The van der Waals surface area contributed by atoms with Gasteiger partial charge in [0.2, 0.25) is 5.91 Å².